The number of hydroxylamine groups is 2. The molecule has 1 amide bonds. The van der Waals surface area contributed by atoms with Gasteiger partial charge in [0, 0.05) is 30.2 Å². The second kappa shape index (κ2) is 15.4. The molecule has 0 spiro atoms. The summed E-state index contributed by atoms with van der Waals surface area (Å²) in [5, 5.41) is 13.2. The van der Waals surface area contributed by atoms with Crippen molar-refractivity contribution in [2.75, 3.05) is 24.4 Å². The highest BCUT2D eigenvalue weighted by molar-refractivity contribution is 7.92. The third-order valence-corrected chi connectivity index (χ3v) is 9.54. The standard InChI is InChI=1S/C28H30Cl2F3N3O5S2/c1-2-3-4-14-36(38)15-13-34-27(37)20-7-5-19(6-8-20)18-42(39)26-12-9-21(29)16-25(26)35-43(40,41)22-10-11-24(30)23(17-22)28(31,32)33/h5-12,16-17,35,38H,2-4,13-15,18H2,1H3,(H,34,37). The number of halogens is 5. The van der Waals surface area contributed by atoms with Gasteiger partial charge in [-0.25, -0.2) is 8.42 Å². The first-order valence-corrected chi connectivity index (χ1v) is 16.7. The van der Waals surface area contributed by atoms with Crippen molar-refractivity contribution in [1.29, 1.82) is 0 Å². The Kier molecular flexibility index (Phi) is 12.4. The zero-order chi connectivity index (χ0) is 31.8. The fourth-order valence-electron chi connectivity index (χ4n) is 3.91. The van der Waals surface area contributed by atoms with E-state index in [4.69, 9.17) is 23.2 Å². The van der Waals surface area contributed by atoms with Gasteiger partial charge in [-0.2, -0.15) is 18.2 Å². The molecule has 43 heavy (non-hydrogen) atoms. The number of hydrogen-bond acceptors (Lipinski definition) is 6. The van der Waals surface area contributed by atoms with E-state index in [0.29, 0.717) is 23.7 Å². The fourth-order valence-corrected chi connectivity index (χ4v) is 6.69. The van der Waals surface area contributed by atoms with Gasteiger partial charge in [-0.15, -0.1) is 0 Å². The number of benzene rings is 3. The van der Waals surface area contributed by atoms with Gasteiger partial charge in [-0.3, -0.25) is 13.7 Å². The molecular weight excluding hydrogens is 650 g/mol. The summed E-state index contributed by atoms with van der Waals surface area (Å²) in [5.74, 6) is -0.408. The maximum absolute atomic E-state index is 13.3. The van der Waals surface area contributed by atoms with Crippen molar-refractivity contribution in [3.8, 4) is 0 Å². The first-order valence-electron chi connectivity index (χ1n) is 13.1. The highest BCUT2D eigenvalue weighted by atomic mass is 35.5. The lowest BCUT2D eigenvalue weighted by Gasteiger charge is -2.15. The Balaban J connectivity index is 1.69. The predicted octanol–water partition coefficient (Wildman–Crippen LogP) is 6.73. The molecule has 0 fully saturated rings. The SMILES string of the molecule is CCCCCN(O)CCNC(=O)c1ccc(CS(=O)c2ccc(Cl)cc2NS(=O)(=O)c2ccc(Cl)c(C(F)(F)F)c2)cc1. The van der Waals surface area contributed by atoms with E-state index < -0.39 is 42.5 Å². The van der Waals surface area contributed by atoms with Crippen LogP contribution in [0.2, 0.25) is 10.0 Å². The summed E-state index contributed by atoms with van der Waals surface area (Å²) in [6.07, 6.45) is -1.98. The van der Waals surface area contributed by atoms with Crippen molar-refractivity contribution < 1.29 is 35.8 Å². The van der Waals surface area contributed by atoms with Crippen LogP contribution in [-0.4, -0.2) is 48.4 Å². The van der Waals surface area contributed by atoms with Crippen LogP contribution in [0.4, 0.5) is 18.9 Å². The van der Waals surface area contributed by atoms with Crippen molar-refractivity contribution >= 4 is 55.6 Å². The largest absolute Gasteiger partial charge is 0.417 e. The number of alkyl halides is 3. The average molecular weight is 681 g/mol. The topological polar surface area (TPSA) is 116 Å². The van der Waals surface area contributed by atoms with Crippen molar-refractivity contribution in [2.24, 2.45) is 0 Å². The Morgan fingerprint density at radius 3 is 2.35 bits per heavy atom. The molecule has 0 radical (unpaired) electrons. The Hall–Kier alpha value is -2.68. The maximum Gasteiger partial charge on any atom is 0.417 e. The summed E-state index contributed by atoms with van der Waals surface area (Å²) in [7, 11) is -6.38. The molecule has 0 aromatic heterocycles. The Morgan fingerprint density at radius 2 is 1.70 bits per heavy atom. The van der Waals surface area contributed by atoms with E-state index in [1.807, 2.05) is 0 Å². The Morgan fingerprint density at radius 1 is 1.00 bits per heavy atom. The van der Waals surface area contributed by atoms with E-state index in [1.54, 1.807) is 24.3 Å². The molecule has 1 unspecified atom stereocenters. The van der Waals surface area contributed by atoms with Crippen LogP contribution in [-0.2, 0) is 32.8 Å². The third kappa shape index (κ3) is 10.2. The number of carbonyl (C=O) groups is 1. The minimum absolute atomic E-state index is 0.0484. The molecule has 0 saturated heterocycles. The van der Waals surface area contributed by atoms with Gasteiger partial charge in [0.1, 0.15) is 0 Å². The first-order chi connectivity index (χ1) is 20.2. The van der Waals surface area contributed by atoms with E-state index in [9.17, 15) is 35.8 Å². The van der Waals surface area contributed by atoms with Crippen molar-refractivity contribution in [1.82, 2.24) is 10.4 Å². The Labute approximate surface area is 260 Å². The molecular formula is C28H30Cl2F3N3O5S2. The summed E-state index contributed by atoms with van der Waals surface area (Å²) in [6.45, 7) is 3.11. The normalized spacial score (nSPS) is 12.7. The number of nitrogens with one attached hydrogen (secondary N) is 2. The monoisotopic (exact) mass is 679 g/mol. The summed E-state index contributed by atoms with van der Waals surface area (Å²) in [5.41, 5.74) is -0.561. The van der Waals surface area contributed by atoms with Crippen LogP contribution in [0.5, 0.6) is 0 Å². The van der Waals surface area contributed by atoms with Crippen LogP contribution in [0.3, 0.4) is 0 Å². The molecule has 3 rings (SSSR count). The minimum Gasteiger partial charge on any atom is -0.351 e. The zero-order valence-electron chi connectivity index (χ0n) is 23.0. The molecule has 3 aromatic rings. The fraction of sp³-hybridized carbons (Fsp3) is 0.321. The predicted molar refractivity (Wildman–Crippen MR) is 160 cm³/mol. The van der Waals surface area contributed by atoms with Crippen molar-refractivity contribution in [2.45, 2.75) is 47.9 Å². The van der Waals surface area contributed by atoms with Crippen LogP contribution in [0.25, 0.3) is 0 Å². The quantitative estimate of drug-likeness (QED) is 0.129. The molecule has 0 bridgehead atoms. The van der Waals surface area contributed by atoms with E-state index in [-0.39, 0.29) is 40.4 Å². The molecule has 8 nitrogen and oxygen atoms in total. The molecule has 0 saturated carbocycles. The van der Waals surface area contributed by atoms with E-state index in [0.717, 1.165) is 36.5 Å². The smallest absolute Gasteiger partial charge is 0.351 e. The lowest BCUT2D eigenvalue weighted by Crippen LogP contribution is -2.33. The van der Waals surface area contributed by atoms with Gasteiger partial charge in [0.05, 0.1) is 42.6 Å². The van der Waals surface area contributed by atoms with Gasteiger partial charge in [-0.1, -0.05) is 55.1 Å². The summed E-state index contributed by atoms with van der Waals surface area (Å²) >= 11 is 11.6. The molecule has 15 heteroatoms. The summed E-state index contributed by atoms with van der Waals surface area (Å²) in [4.78, 5) is 11.8. The summed E-state index contributed by atoms with van der Waals surface area (Å²) < 4.78 is 81.3. The number of carbonyl (C=O) groups excluding carboxylic acids is 1. The molecule has 3 aromatic carbocycles. The number of sulfonamides is 1. The molecule has 0 aliphatic heterocycles. The number of unbranched alkanes of at least 4 members (excludes halogenated alkanes) is 2. The average Bonchev–Trinajstić information content (AvgIpc) is 2.92. The zero-order valence-corrected chi connectivity index (χ0v) is 26.1. The van der Waals surface area contributed by atoms with Gasteiger partial charge < -0.3 is 10.5 Å². The second-order valence-electron chi connectivity index (χ2n) is 9.49. The lowest BCUT2D eigenvalue weighted by atomic mass is 10.1. The first kappa shape index (κ1) is 34.8. The van der Waals surface area contributed by atoms with Gasteiger partial charge in [0.2, 0.25) is 0 Å². The highest BCUT2D eigenvalue weighted by Crippen LogP contribution is 2.36. The molecule has 1 atom stereocenters. The number of amides is 1. The Bertz CT molecular complexity index is 1560. The van der Waals surface area contributed by atoms with Crippen molar-refractivity contribution in [3.05, 3.63) is 87.4 Å². The number of rotatable bonds is 14. The highest BCUT2D eigenvalue weighted by Gasteiger charge is 2.34. The molecule has 0 heterocycles. The van der Waals surface area contributed by atoms with Crippen LogP contribution in [0.1, 0.15) is 47.7 Å². The van der Waals surface area contributed by atoms with E-state index in [1.165, 1.54) is 18.2 Å². The van der Waals surface area contributed by atoms with Crippen molar-refractivity contribution in [3.63, 3.8) is 0 Å². The number of nitrogens with zero attached hydrogens (tertiary/aromatic N) is 1. The second-order valence-corrected chi connectivity index (χ2v) is 13.4. The molecule has 0 aliphatic carbocycles. The lowest BCUT2D eigenvalue weighted by molar-refractivity contribution is -0.137. The molecule has 234 valence electrons. The van der Waals surface area contributed by atoms with E-state index in [2.05, 4.69) is 17.0 Å². The number of hydrogen-bond donors (Lipinski definition) is 3. The van der Waals surface area contributed by atoms with E-state index >= 15 is 0 Å². The van der Waals surface area contributed by atoms with Gasteiger partial charge in [-0.05, 0) is 60.5 Å². The minimum atomic E-state index is -4.88. The maximum atomic E-state index is 13.3. The molecule has 0 aliphatic rings. The van der Waals surface area contributed by atoms with Crippen LogP contribution >= 0.6 is 23.2 Å². The van der Waals surface area contributed by atoms with Gasteiger partial charge >= 0.3 is 6.18 Å². The van der Waals surface area contributed by atoms with Gasteiger partial charge in [0.15, 0.2) is 0 Å². The van der Waals surface area contributed by atoms with Crippen LogP contribution < -0.4 is 10.0 Å². The third-order valence-electron chi connectivity index (χ3n) is 6.17. The van der Waals surface area contributed by atoms with Gasteiger partial charge in [0.25, 0.3) is 15.9 Å². The summed E-state index contributed by atoms with van der Waals surface area (Å²) in [6, 6.07) is 12.4. The molecule has 3 N–H and O–H groups in total. The number of anilines is 1. The van der Waals surface area contributed by atoms with Crippen LogP contribution in [0.15, 0.2) is 70.5 Å². The van der Waals surface area contributed by atoms with Crippen LogP contribution in [0, 0.1) is 0 Å².